The van der Waals surface area contributed by atoms with Gasteiger partial charge in [-0.2, -0.15) is 0 Å². The molecule has 0 saturated carbocycles. The van der Waals surface area contributed by atoms with Gasteiger partial charge in [0.15, 0.2) is 0 Å². The Morgan fingerprint density at radius 1 is 1.19 bits per heavy atom. The molecule has 0 aliphatic rings. The molecular weight excluding hydrogens is 344 g/mol. The first kappa shape index (κ1) is 16.6. The highest BCUT2D eigenvalue weighted by molar-refractivity contribution is 5.93. The van der Waals surface area contributed by atoms with Crippen molar-refractivity contribution in [3.8, 4) is 0 Å². The molecule has 0 fully saturated rings. The molecule has 0 unspecified atom stereocenters. The Bertz CT molecular complexity index is 1140. The number of hydrogen-bond acceptors (Lipinski definition) is 5. The zero-order valence-electron chi connectivity index (χ0n) is 14.3. The van der Waals surface area contributed by atoms with Gasteiger partial charge in [0.1, 0.15) is 5.69 Å². The van der Waals surface area contributed by atoms with Crippen molar-refractivity contribution in [1.29, 1.82) is 0 Å². The predicted octanol–water partition coefficient (Wildman–Crippen LogP) is 1.49. The maximum Gasteiger partial charge on any atom is 0.253 e. The fraction of sp³-hybridized carbons (Fsp3) is 0.105. The van der Waals surface area contributed by atoms with Gasteiger partial charge in [0.25, 0.3) is 5.91 Å². The van der Waals surface area contributed by atoms with Crippen molar-refractivity contribution in [3.63, 3.8) is 0 Å². The van der Waals surface area contributed by atoms with E-state index in [1.807, 2.05) is 24.3 Å². The van der Waals surface area contributed by atoms with Gasteiger partial charge in [-0.3, -0.25) is 14.6 Å². The van der Waals surface area contributed by atoms with Crippen molar-refractivity contribution >= 4 is 16.8 Å². The Morgan fingerprint density at radius 3 is 2.96 bits per heavy atom. The van der Waals surface area contributed by atoms with Crippen molar-refractivity contribution < 1.29 is 4.79 Å². The Balaban J connectivity index is 1.39. The second-order valence-corrected chi connectivity index (χ2v) is 6.06. The first-order chi connectivity index (χ1) is 13.2. The molecule has 2 N–H and O–H groups in total. The molecule has 0 radical (unpaired) electrons. The van der Waals surface area contributed by atoms with E-state index >= 15 is 0 Å². The lowest BCUT2D eigenvalue weighted by molar-refractivity contribution is 0.0950. The number of nitrogens with zero attached hydrogens (tertiary/aromatic N) is 4. The van der Waals surface area contributed by atoms with Crippen LogP contribution in [0.2, 0.25) is 0 Å². The van der Waals surface area contributed by atoms with Crippen LogP contribution in [-0.2, 0) is 13.1 Å². The minimum atomic E-state index is -0.289. The number of nitrogens with one attached hydrogen (secondary N) is 2. The molecule has 3 heterocycles. The van der Waals surface area contributed by atoms with E-state index in [4.69, 9.17) is 0 Å². The first-order valence-electron chi connectivity index (χ1n) is 8.37. The van der Waals surface area contributed by atoms with Crippen molar-refractivity contribution in [1.82, 2.24) is 30.3 Å². The quantitative estimate of drug-likeness (QED) is 0.561. The van der Waals surface area contributed by atoms with Gasteiger partial charge in [-0.15, -0.1) is 5.10 Å². The predicted molar refractivity (Wildman–Crippen MR) is 99.1 cm³/mol. The number of hydrogen-bond donors (Lipinski definition) is 2. The second kappa shape index (κ2) is 7.20. The van der Waals surface area contributed by atoms with Crippen LogP contribution < -0.4 is 10.9 Å². The Morgan fingerprint density at radius 2 is 2.11 bits per heavy atom. The van der Waals surface area contributed by atoms with Crippen molar-refractivity contribution in [2.75, 3.05) is 0 Å². The molecule has 0 spiro atoms. The van der Waals surface area contributed by atoms with Gasteiger partial charge in [0.2, 0.25) is 5.56 Å². The molecule has 0 bridgehead atoms. The molecule has 8 nitrogen and oxygen atoms in total. The number of aromatic amines is 1. The van der Waals surface area contributed by atoms with E-state index in [9.17, 15) is 9.59 Å². The number of benzene rings is 1. The number of pyridine rings is 2. The third-order valence-electron chi connectivity index (χ3n) is 4.07. The van der Waals surface area contributed by atoms with Crippen LogP contribution in [0.15, 0.2) is 65.8 Å². The van der Waals surface area contributed by atoms with Crippen LogP contribution in [-0.4, -0.2) is 30.9 Å². The van der Waals surface area contributed by atoms with Crippen molar-refractivity contribution in [2.45, 2.75) is 13.1 Å². The molecule has 4 rings (SSSR count). The number of fused-ring (bicyclic) bond motifs is 1. The third-order valence-corrected chi connectivity index (χ3v) is 4.07. The molecular formula is C19H16N6O2. The molecule has 0 aliphatic carbocycles. The Kier molecular flexibility index (Phi) is 4.44. The molecule has 0 aliphatic heterocycles. The van der Waals surface area contributed by atoms with Crippen LogP contribution in [0.1, 0.15) is 21.6 Å². The summed E-state index contributed by atoms with van der Waals surface area (Å²) in [6, 6.07) is 12.8. The SMILES string of the molecule is O=C(NCc1cn(Cc2ccc3ncccc3c2)nn1)c1ccc(=O)[nH]c1. The van der Waals surface area contributed by atoms with Gasteiger partial charge in [-0.25, -0.2) is 4.68 Å². The van der Waals surface area contributed by atoms with E-state index in [1.165, 1.54) is 18.3 Å². The maximum absolute atomic E-state index is 12.1. The van der Waals surface area contributed by atoms with Crippen LogP contribution in [0.5, 0.6) is 0 Å². The average Bonchev–Trinajstić information content (AvgIpc) is 3.14. The largest absolute Gasteiger partial charge is 0.346 e. The minimum Gasteiger partial charge on any atom is -0.346 e. The molecule has 3 aromatic heterocycles. The van der Waals surface area contributed by atoms with Crippen LogP contribution in [0.4, 0.5) is 0 Å². The van der Waals surface area contributed by atoms with Gasteiger partial charge in [-0.05, 0) is 29.8 Å². The highest BCUT2D eigenvalue weighted by Crippen LogP contribution is 2.14. The van der Waals surface area contributed by atoms with E-state index in [0.29, 0.717) is 17.8 Å². The highest BCUT2D eigenvalue weighted by Gasteiger charge is 2.07. The normalized spacial score (nSPS) is 10.8. The first-order valence-corrected chi connectivity index (χ1v) is 8.37. The maximum atomic E-state index is 12.1. The highest BCUT2D eigenvalue weighted by atomic mass is 16.1. The number of aromatic nitrogens is 5. The van der Waals surface area contributed by atoms with Gasteiger partial charge in [-0.1, -0.05) is 17.3 Å². The lowest BCUT2D eigenvalue weighted by atomic mass is 10.1. The molecule has 1 aromatic carbocycles. The lowest BCUT2D eigenvalue weighted by Gasteiger charge is -2.03. The number of carbonyl (C=O) groups is 1. The standard InChI is InChI=1S/C19H16N6O2/c26-18-6-4-15(9-21-18)19(27)22-10-16-12-25(24-23-16)11-13-3-5-17-14(8-13)2-1-7-20-17/h1-9,12H,10-11H2,(H,21,26)(H,22,27). The van der Waals surface area contributed by atoms with Crippen LogP contribution in [0.25, 0.3) is 10.9 Å². The molecule has 8 heteroatoms. The monoisotopic (exact) mass is 360 g/mol. The second-order valence-electron chi connectivity index (χ2n) is 6.06. The summed E-state index contributed by atoms with van der Waals surface area (Å²) in [6.45, 7) is 0.825. The zero-order chi connectivity index (χ0) is 18.6. The van der Waals surface area contributed by atoms with Gasteiger partial charge >= 0.3 is 0 Å². The summed E-state index contributed by atoms with van der Waals surface area (Å²) in [4.78, 5) is 29.9. The summed E-state index contributed by atoms with van der Waals surface area (Å²) in [5, 5.41) is 12.0. The summed E-state index contributed by atoms with van der Waals surface area (Å²) in [5.74, 6) is -0.289. The van der Waals surface area contributed by atoms with Gasteiger partial charge in [0.05, 0.1) is 30.4 Å². The van der Waals surface area contributed by atoms with Gasteiger partial charge in [0, 0.05) is 23.8 Å². The summed E-state index contributed by atoms with van der Waals surface area (Å²) in [7, 11) is 0. The molecule has 4 aromatic rings. The number of H-pyrrole nitrogens is 1. The van der Waals surface area contributed by atoms with E-state index in [1.54, 1.807) is 17.1 Å². The van der Waals surface area contributed by atoms with Crippen molar-refractivity contribution in [2.24, 2.45) is 0 Å². The average molecular weight is 360 g/mol. The van der Waals surface area contributed by atoms with E-state index in [0.717, 1.165) is 16.5 Å². The van der Waals surface area contributed by atoms with E-state index < -0.39 is 0 Å². The fourth-order valence-electron chi connectivity index (χ4n) is 2.73. The topological polar surface area (TPSA) is 106 Å². The van der Waals surface area contributed by atoms with E-state index in [-0.39, 0.29) is 18.0 Å². The number of amides is 1. The van der Waals surface area contributed by atoms with Crippen molar-refractivity contribution in [3.05, 3.63) is 88.2 Å². The van der Waals surface area contributed by atoms with Crippen LogP contribution in [0.3, 0.4) is 0 Å². The zero-order valence-corrected chi connectivity index (χ0v) is 14.3. The number of rotatable bonds is 5. The lowest BCUT2D eigenvalue weighted by Crippen LogP contribution is -2.23. The summed E-state index contributed by atoms with van der Waals surface area (Å²) >= 11 is 0. The van der Waals surface area contributed by atoms with Crippen LogP contribution in [0, 0.1) is 0 Å². The summed E-state index contributed by atoms with van der Waals surface area (Å²) < 4.78 is 1.72. The molecule has 0 atom stereocenters. The molecule has 0 saturated heterocycles. The molecule has 134 valence electrons. The van der Waals surface area contributed by atoms with Gasteiger partial charge < -0.3 is 10.3 Å². The van der Waals surface area contributed by atoms with Crippen LogP contribution >= 0.6 is 0 Å². The smallest absolute Gasteiger partial charge is 0.253 e. The Hall–Kier alpha value is -3.81. The van der Waals surface area contributed by atoms with E-state index in [2.05, 4.69) is 31.7 Å². The Labute approximate surface area is 153 Å². The minimum absolute atomic E-state index is 0.250. The third kappa shape index (κ3) is 3.90. The fourth-order valence-corrected chi connectivity index (χ4v) is 2.73. The molecule has 27 heavy (non-hydrogen) atoms. The molecule has 1 amide bonds. The summed E-state index contributed by atoms with van der Waals surface area (Å²) in [6.07, 6.45) is 4.94. The summed E-state index contributed by atoms with van der Waals surface area (Å²) in [5.41, 5.74) is 2.82. The number of carbonyl (C=O) groups excluding carboxylic acids is 1.